The molecule has 2 fully saturated rings. The fourth-order valence-electron chi connectivity index (χ4n) is 2.24. The number of aliphatic hydroxyl groups is 2. The van der Waals surface area contributed by atoms with E-state index in [1.165, 1.54) is 0 Å². The number of morpholine rings is 2. The molecule has 0 radical (unpaired) electrons. The van der Waals surface area contributed by atoms with Gasteiger partial charge in [-0.05, 0) is 12.8 Å². The van der Waals surface area contributed by atoms with Crippen LogP contribution in [0.1, 0.15) is 12.8 Å². The standard InChI is InChI=1S/2C7H15NO2/c2*9-5-1-2-8-3-6-10-7-4-8/h2*9H,1-7H2. The number of ether oxygens (including phenoxy) is 2. The molecule has 0 bridgehead atoms. The lowest BCUT2D eigenvalue weighted by Gasteiger charge is -2.25. The average molecular weight is 290 g/mol. The maximum Gasteiger partial charge on any atom is 0.0594 e. The minimum Gasteiger partial charge on any atom is -0.396 e. The lowest BCUT2D eigenvalue weighted by atomic mass is 10.3. The van der Waals surface area contributed by atoms with Crippen molar-refractivity contribution >= 4 is 0 Å². The van der Waals surface area contributed by atoms with E-state index in [0.717, 1.165) is 78.5 Å². The summed E-state index contributed by atoms with van der Waals surface area (Å²) in [4.78, 5) is 4.64. The highest BCUT2D eigenvalue weighted by atomic mass is 16.5. The fraction of sp³-hybridized carbons (Fsp3) is 1.00. The van der Waals surface area contributed by atoms with Gasteiger partial charge in [0.25, 0.3) is 0 Å². The summed E-state index contributed by atoms with van der Waals surface area (Å²) in [6.07, 6.45) is 1.78. The van der Waals surface area contributed by atoms with E-state index in [1.807, 2.05) is 0 Å². The van der Waals surface area contributed by atoms with Crippen LogP contribution in [0, 0.1) is 0 Å². The van der Waals surface area contributed by atoms with Gasteiger partial charge in [0.1, 0.15) is 0 Å². The van der Waals surface area contributed by atoms with Gasteiger partial charge >= 0.3 is 0 Å². The molecule has 2 saturated heterocycles. The Hall–Kier alpha value is -0.240. The number of aliphatic hydroxyl groups excluding tert-OH is 2. The van der Waals surface area contributed by atoms with Gasteiger partial charge in [0.15, 0.2) is 0 Å². The van der Waals surface area contributed by atoms with Crippen molar-refractivity contribution in [3.63, 3.8) is 0 Å². The molecule has 2 aliphatic rings. The number of hydrogen-bond donors (Lipinski definition) is 2. The van der Waals surface area contributed by atoms with Crippen LogP contribution in [0.4, 0.5) is 0 Å². The minimum atomic E-state index is 0.303. The van der Waals surface area contributed by atoms with Gasteiger partial charge in [0, 0.05) is 52.5 Å². The average Bonchev–Trinajstić information content (AvgIpc) is 2.53. The van der Waals surface area contributed by atoms with Gasteiger partial charge in [0.2, 0.25) is 0 Å². The molecule has 2 N–H and O–H groups in total. The molecule has 0 spiro atoms. The minimum absolute atomic E-state index is 0.303. The highest BCUT2D eigenvalue weighted by Crippen LogP contribution is 1.97. The molecule has 0 unspecified atom stereocenters. The second kappa shape index (κ2) is 12.5. The van der Waals surface area contributed by atoms with Crippen LogP contribution in [0.2, 0.25) is 0 Å². The molecule has 0 amide bonds. The van der Waals surface area contributed by atoms with Crippen molar-refractivity contribution in [3.8, 4) is 0 Å². The molecule has 0 aromatic heterocycles. The summed E-state index contributed by atoms with van der Waals surface area (Å²) < 4.78 is 10.4. The van der Waals surface area contributed by atoms with E-state index in [9.17, 15) is 0 Å². The van der Waals surface area contributed by atoms with Gasteiger partial charge < -0.3 is 19.7 Å². The second-order valence-electron chi connectivity index (χ2n) is 5.06. The molecule has 2 heterocycles. The Morgan fingerprint density at radius 1 is 0.650 bits per heavy atom. The summed E-state index contributed by atoms with van der Waals surface area (Å²) in [7, 11) is 0. The van der Waals surface area contributed by atoms with Gasteiger partial charge in [0.05, 0.1) is 26.4 Å². The van der Waals surface area contributed by atoms with E-state index in [4.69, 9.17) is 19.7 Å². The quantitative estimate of drug-likeness (QED) is 0.681. The predicted molar refractivity (Wildman–Crippen MR) is 77.9 cm³/mol. The molecule has 0 saturated carbocycles. The first-order chi connectivity index (χ1) is 9.86. The van der Waals surface area contributed by atoms with Gasteiger partial charge in [-0.1, -0.05) is 0 Å². The zero-order chi connectivity index (χ0) is 14.5. The molecule has 6 nitrogen and oxygen atoms in total. The highest BCUT2D eigenvalue weighted by Gasteiger charge is 2.08. The van der Waals surface area contributed by atoms with Crippen LogP contribution >= 0.6 is 0 Å². The van der Waals surface area contributed by atoms with Crippen molar-refractivity contribution in [2.75, 3.05) is 78.9 Å². The van der Waals surface area contributed by atoms with E-state index >= 15 is 0 Å². The van der Waals surface area contributed by atoms with Gasteiger partial charge in [-0.25, -0.2) is 0 Å². The van der Waals surface area contributed by atoms with Crippen LogP contribution in [0.3, 0.4) is 0 Å². The Morgan fingerprint density at radius 2 is 1.00 bits per heavy atom. The predicted octanol–water partition coefficient (Wildman–Crippen LogP) is -0.598. The smallest absolute Gasteiger partial charge is 0.0594 e. The number of nitrogens with zero attached hydrogens (tertiary/aromatic N) is 2. The van der Waals surface area contributed by atoms with Gasteiger partial charge in [-0.15, -0.1) is 0 Å². The Labute approximate surface area is 122 Å². The Bertz CT molecular complexity index is 185. The Balaban J connectivity index is 0.000000200. The monoisotopic (exact) mass is 290 g/mol. The summed E-state index contributed by atoms with van der Waals surface area (Å²) in [5.74, 6) is 0. The fourth-order valence-corrected chi connectivity index (χ4v) is 2.24. The van der Waals surface area contributed by atoms with Gasteiger partial charge in [-0.3, -0.25) is 9.80 Å². The SMILES string of the molecule is OCCCN1CCOCC1.OCCCN1CCOCC1. The highest BCUT2D eigenvalue weighted by molar-refractivity contribution is 4.61. The van der Waals surface area contributed by atoms with Gasteiger partial charge in [-0.2, -0.15) is 0 Å². The molecule has 0 aliphatic carbocycles. The Kier molecular flexibility index (Phi) is 11.1. The van der Waals surface area contributed by atoms with E-state index in [0.29, 0.717) is 13.2 Å². The van der Waals surface area contributed by atoms with Crippen molar-refractivity contribution in [1.29, 1.82) is 0 Å². The molecule has 20 heavy (non-hydrogen) atoms. The van der Waals surface area contributed by atoms with E-state index in [1.54, 1.807) is 0 Å². The third-order valence-electron chi connectivity index (χ3n) is 3.47. The first-order valence-electron chi connectivity index (χ1n) is 7.68. The largest absolute Gasteiger partial charge is 0.396 e. The lowest BCUT2D eigenvalue weighted by Crippen LogP contribution is -2.37. The zero-order valence-corrected chi connectivity index (χ0v) is 12.5. The van der Waals surface area contributed by atoms with Crippen molar-refractivity contribution in [2.45, 2.75) is 12.8 Å². The van der Waals surface area contributed by atoms with Crippen molar-refractivity contribution in [3.05, 3.63) is 0 Å². The van der Waals surface area contributed by atoms with E-state index in [-0.39, 0.29) is 0 Å². The summed E-state index contributed by atoms with van der Waals surface area (Å²) in [5, 5.41) is 17.1. The molecular weight excluding hydrogens is 260 g/mol. The normalized spacial score (nSPS) is 21.3. The number of rotatable bonds is 6. The molecule has 0 aromatic carbocycles. The van der Waals surface area contributed by atoms with Crippen molar-refractivity contribution in [2.24, 2.45) is 0 Å². The first kappa shape index (κ1) is 17.8. The Morgan fingerprint density at radius 3 is 1.30 bits per heavy atom. The molecule has 120 valence electrons. The van der Waals surface area contributed by atoms with E-state index in [2.05, 4.69) is 9.80 Å². The van der Waals surface area contributed by atoms with Crippen LogP contribution < -0.4 is 0 Å². The van der Waals surface area contributed by atoms with E-state index < -0.39 is 0 Å². The molecule has 0 aromatic rings. The summed E-state index contributed by atoms with van der Waals surface area (Å²) >= 11 is 0. The maximum absolute atomic E-state index is 8.54. The van der Waals surface area contributed by atoms with Crippen LogP contribution in [-0.4, -0.2) is 98.9 Å². The topological polar surface area (TPSA) is 65.4 Å². The van der Waals surface area contributed by atoms with Crippen LogP contribution in [-0.2, 0) is 9.47 Å². The summed E-state index contributed by atoms with van der Waals surface area (Å²) in [6, 6.07) is 0. The van der Waals surface area contributed by atoms with Crippen molar-refractivity contribution < 1.29 is 19.7 Å². The summed E-state index contributed by atoms with van der Waals surface area (Å²) in [6.45, 7) is 10.2. The van der Waals surface area contributed by atoms with Crippen molar-refractivity contribution in [1.82, 2.24) is 9.80 Å². The van der Waals surface area contributed by atoms with Crippen LogP contribution in [0.15, 0.2) is 0 Å². The third-order valence-corrected chi connectivity index (χ3v) is 3.47. The zero-order valence-electron chi connectivity index (χ0n) is 12.5. The lowest BCUT2D eigenvalue weighted by molar-refractivity contribution is 0.0353. The van der Waals surface area contributed by atoms with Crippen LogP contribution in [0.5, 0.6) is 0 Å². The molecule has 0 atom stereocenters. The maximum atomic E-state index is 8.54. The summed E-state index contributed by atoms with van der Waals surface area (Å²) in [5.41, 5.74) is 0. The molecule has 2 aliphatic heterocycles. The molecule has 6 heteroatoms. The van der Waals surface area contributed by atoms with Crippen LogP contribution in [0.25, 0.3) is 0 Å². The molecule has 2 rings (SSSR count). The first-order valence-corrected chi connectivity index (χ1v) is 7.68. The molecular formula is C14H30N2O4. The second-order valence-corrected chi connectivity index (χ2v) is 5.06. The number of hydrogen-bond acceptors (Lipinski definition) is 6. The third kappa shape index (κ3) is 8.84.